The van der Waals surface area contributed by atoms with E-state index in [-0.39, 0.29) is 0 Å². The van der Waals surface area contributed by atoms with Gasteiger partial charge in [0.05, 0.1) is 24.6 Å². The lowest BCUT2D eigenvalue weighted by molar-refractivity contribution is 0.356. The molecular weight excluding hydrogens is 388 g/mol. The summed E-state index contributed by atoms with van der Waals surface area (Å²) in [5, 5.41) is 4.26. The Morgan fingerprint density at radius 3 is 2.45 bits per heavy atom. The van der Waals surface area contributed by atoms with Gasteiger partial charge in [-0.2, -0.15) is 0 Å². The Bertz CT molecular complexity index is 1130. The average molecular weight is 413 g/mol. The van der Waals surface area contributed by atoms with Gasteiger partial charge in [-0.25, -0.2) is 13.7 Å². The maximum absolute atomic E-state index is 12.6. The van der Waals surface area contributed by atoms with Crippen molar-refractivity contribution in [2.45, 2.75) is 17.7 Å². The number of rotatable bonds is 8. The van der Waals surface area contributed by atoms with Gasteiger partial charge in [0.2, 0.25) is 0 Å². The molecular formula is C21H24N4O3S. The van der Waals surface area contributed by atoms with Gasteiger partial charge in [0.25, 0.3) is 0 Å². The van der Waals surface area contributed by atoms with Crippen LogP contribution in [0.25, 0.3) is 10.9 Å². The van der Waals surface area contributed by atoms with Crippen molar-refractivity contribution in [2.75, 3.05) is 26.1 Å². The minimum atomic E-state index is -2.97. The predicted molar refractivity (Wildman–Crippen MR) is 114 cm³/mol. The number of aromatic nitrogens is 1. The van der Waals surface area contributed by atoms with E-state index in [1.807, 2.05) is 30.3 Å². The molecule has 3 N–H and O–H groups in total. The molecule has 0 amide bonds. The Morgan fingerprint density at radius 1 is 1.10 bits per heavy atom. The molecule has 1 saturated carbocycles. The first-order chi connectivity index (χ1) is 14.0. The molecule has 3 aromatic rings. The maximum atomic E-state index is 12.6. The van der Waals surface area contributed by atoms with Crippen molar-refractivity contribution in [3.63, 3.8) is 0 Å². The van der Waals surface area contributed by atoms with Gasteiger partial charge in [-0.3, -0.25) is 4.98 Å². The molecule has 8 heteroatoms. The van der Waals surface area contributed by atoms with Gasteiger partial charge < -0.3 is 14.8 Å². The number of nitrogens with zero attached hydrogens (tertiary/aromatic N) is 1. The van der Waals surface area contributed by atoms with E-state index >= 15 is 0 Å². The topological polar surface area (TPSA) is 96.3 Å². The van der Waals surface area contributed by atoms with E-state index < -0.39 is 9.92 Å². The summed E-state index contributed by atoms with van der Waals surface area (Å²) in [5.74, 6) is 1.82. The highest BCUT2D eigenvalue weighted by atomic mass is 32.2. The van der Waals surface area contributed by atoms with Crippen molar-refractivity contribution in [1.29, 1.82) is 4.78 Å². The highest BCUT2D eigenvalue weighted by Gasteiger charge is 2.23. The molecule has 4 rings (SSSR count). The lowest BCUT2D eigenvalue weighted by atomic mass is 10.1. The first-order valence-corrected chi connectivity index (χ1v) is 11.0. The summed E-state index contributed by atoms with van der Waals surface area (Å²) < 4.78 is 34.4. The monoisotopic (exact) mass is 412 g/mol. The van der Waals surface area contributed by atoms with Crippen molar-refractivity contribution in [3.8, 4) is 11.5 Å². The summed E-state index contributed by atoms with van der Waals surface area (Å²) in [6.45, 7) is 0.636. The Hall–Kier alpha value is -2.84. The number of methoxy groups -OCH3 is 2. The molecule has 1 heterocycles. The quantitative estimate of drug-likeness (QED) is 0.512. The molecule has 7 nitrogen and oxygen atoms in total. The molecule has 0 aliphatic heterocycles. The van der Waals surface area contributed by atoms with Gasteiger partial charge in [0.15, 0.2) is 11.5 Å². The fraction of sp³-hybridized carbons (Fsp3) is 0.286. The fourth-order valence-electron chi connectivity index (χ4n) is 3.11. The first kappa shape index (κ1) is 19.5. The summed E-state index contributed by atoms with van der Waals surface area (Å²) in [6, 6.07) is 12.7. The van der Waals surface area contributed by atoms with Crippen LogP contribution in [-0.2, 0) is 9.92 Å². The number of nitrogens with one attached hydrogen (secondary N) is 3. The van der Waals surface area contributed by atoms with Gasteiger partial charge in [-0.15, -0.1) is 0 Å². The predicted octanol–water partition coefficient (Wildman–Crippen LogP) is 4.32. The number of fused-ring (bicyclic) bond motifs is 1. The summed E-state index contributed by atoms with van der Waals surface area (Å²) in [6.07, 6.45) is 4.03. The van der Waals surface area contributed by atoms with Gasteiger partial charge in [-0.05, 0) is 55.2 Å². The van der Waals surface area contributed by atoms with Crippen LogP contribution in [0.3, 0.4) is 0 Å². The Morgan fingerprint density at radius 2 is 1.79 bits per heavy atom. The van der Waals surface area contributed by atoms with E-state index in [1.54, 1.807) is 32.5 Å². The zero-order chi connectivity index (χ0) is 20.4. The number of hydrogen-bond acceptors (Lipinski definition) is 6. The normalized spacial score (nSPS) is 15.7. The molecule has 1 atom stereocenters. The van der Waals surface area contributed by atoms with Crippen LogP contribution in [-0.4, -0.2) is 30.0 Å². The first-order valence-electron chi connectivity index (χ1n) is 9.41. The molecule has 1 unspecified atom stereocenters. The van der Waals surface area contributed by atoms with Crippen LogP contribution in [0.15, 0.2) is 53.6 Å². The van der Waals surface area contributed by atoms with E-state index in [2.05, 4.69) is 15.0 Å². The number of pyridine rings is 1. The summed E-state index contributed by atoms with van der Waals surface area (Å²) in [7, 11) is 0.219. The highest BCUT2D eigenvalue weighted by molar-refractivity contribution is 7.90. The van der Waals surface area contributed by atoms with Crippen molar-refractivity contribution in [2.24, 2.45) is 5.92 Å². The zero-order valence-corrected chi connectivity index (χ0v) is 17.2. The van der Waals surface area contributed by atoms with Gasteiger partial charge in [-0.1, -0.05) is 0 Å². The SMILES string of the molecule is COc1cc2nccc(Nc3ccc(S(=N)(=O)NCC4CC4)cc3)c2cc1OC. The molecule has 1 aliphatic rings. The molecule has 0 spiro atoms. The second kappa shape index (κ2) is 7.88. The van der Waals surface area contributed by atoms with Crippen LogP contribution in [0.5, 0.6) is 11.5 Å². The third-order valence-corrected chi connectivity index (χ3v) is 6.49. The molecule has 1 fully saturated rings. The highest BCUT2D eigenvalue weighted by Crippen LogP contribution is 2.35. The zero-order valence-electron chi connectivity index (χ0n) is 16.4. The largest absolute Gasteiger partial charge is 0.493 e. The van der Waals surface area contributed by atoms with Crippen molar-refractivity contribution in [1.82, 2.24) is 9.71 Å². The van der Waals surface area contributed by atoms with Crippen LogP contribution >= 0.6 is 0 Å². The van der Waals surface area contributed by atoms with Crippen LogP contribution in [0, 0.1) is 10.7 Å². The molecule has 152 valence electrons. The summed E-state index contributed by atoms with van der Waals surface area (Å²) >= 11 is 0. The van der Waals surface area contributed by atoms with E-state index in [0.29, 0.717) is 28.9 Å². The standard InChI is InChI=1S/C21H24N4O3S/c1-27-20-11-17-18(9-10-23-19(17)12-21(20)28-2)25-15-5-7-16(8-6-15)29(22,26)24-13-14-3-4-14/h5-12,14H,3-4,13H2,1-2H3,(H,23,25)(H2,22,24,26). The second-order valence-corrected chi connectivity index (χ2v) is 8.95. The minimum Gasteiger partial charge on any atom is -0.493 e. The number of anilines is 2. The van der Waals surface area contributed by atoms with Gasteiger partial charge in [0, 0.05) is 35.6 Å². The van der Waals surface area contributed by atoms with E-state index in [4.69, 9.17) is 14.3 Å². The Labute approximate surface area is 170 Å². The molecule has 29 heavy (non-hydrogen) atoms. The van der Waals surface area contributed by atoms with Crippen molar-refractivity contribution in [3.05, 3.63) is 48.7 Å². The van der Waals surface area contributed by atoms with Crippen LogP contribution in [0.1, 0.15) is 12.8 Å². The van der Waals surface area contributed by atoms with E-state index in [1.165, 1.54) is 0 Å². The fourth-order valence-corrected chi connectivity index (χ4v) is 4.26. The third kappa shape index (κ3) is 4.28. The second-order valence-electron chi connectivity index (χ2n) is 7.08. The Balaban J connectivity index is 1.58. The third-order valence-electron chi connectivity index (χ3n) is 4.98. The van der Waals surface area contributed by atoms with E-state index in [0.717, 1.165) is 35.1 Å². The summed E-state index contributed by atoms with van der Waals surface area (Å²) in [5.41, 5.74) is 2.47. The Kier molecular flexibility index (Phi) is 5.29. The number of benzene rings is 2. The van der Waals surface area contributed by atoms with E-state index in [9.17, 15) is 4.21 Å². The summed E-state index contributed by atoms with van der Waals surface area (Å²) in [4.78, 5) is 4.89. The average Bonchev–Trinajstić information content (AvgIpc) is 3.56. The lowest BCUT2D eigenvalue weighted by Crippen LogP contribution is -2.24. The molecule has 1 aliphatic carbocycles. The van der Waals surface area contributed by atoms with Gasteiger partial charge >= 0.3 is 0 Å². The van der Waals surface area contributed by atoms with Crippen molar-refractivity contribution >= 4 is 32.2 Å². The van der Waals surface area contributed by atoms with Gasteiger partial charge in [0.1, 0.15) is 9.92 Å². The molecule has 2 aromatic carbocycles. The molecule has 0 saturated heterocycles. The minimum absolute atomic E-state index is 0.481. The lowest BCUT2D eigenvalue weighted by Gasteiger charge is -2.14. The van der Waals surface area contributed by atoms with Crippen LogP contribution in [0.4, 0.5) is 11.4 Å². The number of hydrogen-bond donors (Lipinski definition) is 3. The van der Waals surface area contributed by atoms with Crippen LogP contribution in [0.2, 0.25) is 0 Å². The molecule has 0 radical (unpaired) electrons. The smallest absolute Gasteiger partial charge is 0.162 e. The molecule has 0 bridgehead atoms. The number of ether oxygens (including phenoxy) is 2. The maximum Gasteiger partial charge on any atom is 0.162 e. The van der Waals surface area contributed by atoms with Crippen LogP contribution < -0.4 is 19.5 Å². The van der Waals surface area contributed by atoms with Crippen molar-refractivity contribution < 1.29 is 13.7 Å². The molecule has 1 aromatic heterocycles.